The van der Waals surface area contributed by atoms with E-state index in [1.54, 1.807) is 7.11 Å². The van der Waals surface area contributed by atoms with Gasteiger partial charge in [-0.25, -0.2) is 4.39 Å². The highest BCUT2D eigenvalue weighted by Crippen LogP contribution is 2.37. The Morgan fingerprint density at radius 1 is 1.18 bits per heavy atom. The van der Waals surface area contributed by atoms with E-state index in [2.05, 4.69) is 4.90 Å². The van der Waals surface area contributed by atoms with Crippen LogP contribution < -0.4 is 9.64 Å². The van der Waals surface area contributed by atoms with Crippen molar-refractivity contribution in [1.29, 1.82) is 0 Å². The molecule has 116 valence electrons. The first-order valence-electron chi connectivity index (χ1n) is 7.44. The smallest absolute Gasteiger partial charge is 0.123 e. The summed E-state index contributed by atoms with van der Waals surface area (Å²) in [5.74, 6) is 0.533. The molecule has 0 spiro atoms. The van der Waals surface area contributed by atoms with Gasteiger partial charge in [0.05, 0.1) is 19.3 Å². The summed E-state index contributed by atoms with van der Waals surface area (Å²) >= 11 is 0. The lowest BCUT2D eigenvalue weighted by Crippen LogP contribution is -2.27. The maximum atomic E-state index is 13.7. The molecular weight excluding hydrogens is 281 g/mol. The summed E-state index contributed by atoms with van der Waals surface area (Å²) in [5, 5.41) is 10.4. The first-order chi connectivity index (χ1) is 10.6. The van der Waals surface area contributed by atoms with Crippen molar-refractivity contribution >= 4 is 5.69 Å². The average Bonchev–Trinajstić information content (AvgIpc) is 2.88. The van der Waals surface area contributed by atoms with Gasteiger partial charge in [-0.05, 0) is 60.9 Å². The molecule has 0 aliphatic carbocycles. The minimum absolute atomic E-state index is 0.220. The standard InChI is InChI=1S/C18H20FNO2/c1-12-9-13(11-14(19)10-12)18-17(21)7-8-20(18)15-3-5-16(22-2)6-4-15/h3-6,9-11,17-18,21H,7-8H2,1-2H3/t17-,18?/m1/s1. The van der Waals surface area contributed by atoms with Crippen LogP contribution in [0.5, 0.6) is 5.75 Å². The molecule has 22 heavy (non-hydrogen) atoms. The summed E-state index contributed by atoms with van der Waals surface area (Å²) in [6.07, 6.45) is 0.176. The number of anilines is 1. The van der Waals surface area contributed by atoms with Crippen LogP contribution in [0, 0.1) is 12.7 Å². The lowest BCUT2D eigenvalue weighted by molar-refractivity contribution is 0.165. The third-order valence-corrected chi connectivity index (χ3v) is 4.18. The van der Waals surface area contributed by atoms with E-state index >= 15 is 0 Å². The highest BCUT2D eigenvalue weighted by molar-refractivity contribution is 5.53. The molecule has 2 aromatic carbocycles. The molecule has 2 atom stereocenters. The largest absolute Gasteiger partial charge is 0.497 e. The summed E-state index contributed by atoms with van der Waals surface area (Å²) in [6.45, 7) is 2.61. The average molecular weight is 301 g/mol. The van der Waals surface area contributed by atoms with E-state index in [1.807, 2.05) is 37.3 Å². The van der Waals surface area contributed by atoms with Gasteiger partial charge in [0.25, 0.3) is 0 Å². The van der Waals surface area contributed by atoms with E-state index in [4.69, 9.17) is 4.74 Å². The molecule has 2 aromatic rings. The first-order valence-corrected chi connectivity index (χ1v) is 7.44. The maximum Gasteiger partial charge on any atom is 0.123 e. The highest BCUT2D eigenvalue weighted by Gasteiger charge is 2.34. The van der Waals surface area contributed by atoms with Gasteiger partial charge in [0, 0.05) is 12.2 Å². The molecule has 1 fully saturated rings. The van der Waals surface area contributed by atoms with Crippen LogP contribution in [0.3, 0.4) is 0 Å². The van der Waals surface area contributed by atoms with Crippen LogP contribution in [-0.4, -0.2) is 24.9 Å². The molecule has 4 heteroatoms. The van der Waals surface area contributed by atoms with Crippen LogP contribution in [0.4, 0.5) is 10.1 Å². The Hall–Kier alpha value is -2.07. The molecule has 3 nitrogen and oxygen atoms in total. The second-order valence-corrected chi connectivity index (χ2v) is 5.75. The van der Waals surface area contributed by atoms with E-state index in [9.17, 15) is 9.50 Å². The van der Waals surface area contributed by atoms with Crippen molar-refractivity contribution in [2.45, 2.75) is 25.5 Å². The minimum atomic E-state index is -0.497. The predicted octanol–water partition coefficient (Wildman–Crippen LogP) is 3.46. The number of hydrogen-bond acceptors (Lipinski definition) is 3. The fraction of sp³-hybridized carbons (Fsp3) is 0.333. The second-order valence-electron chi connectivity index (χ2n) is 5.75. The summed E-state index contributed by atoms with van der Waals surface area (Å²) in [4.78, 5) is 2.12. The third-order valence-electron chi connectivity index (χ3n) is 4.18. The van der Waals surface area contributed by atoms with Gasteiger partial charge in [0.15, 0.2) is 0 Å². The molecule has 1 heterocycles. The van der Waals surface area contributed by atoms with E-state index in [-0.39, 0.29) is 11.9 Å². The number of hydrogen-bond donors (Lipinski definition) is 1. The Morgan fingerprint density at radius 3 is 2.55 bits per heavy atom. The molecule has 0 aromatic heterocycles. The normalized spacial score (nSPS) is 21.2. The molecule has 3 rings (SSSR count). The van der Waals surface area contributed by atoms with Gasteiger partial charge in [0.2, 0.25) is 0 Å². The second kappa shape index (κ2) is 5.97. The Morgan fingerprint density at radius 2 is 1.91 bits per heavy atom. The Kier molecular flexibility index (Phi) is 4.03. The third kappa shape index (κ3) is 2.79. The van der Waals surface area contributed by atoms with Gasteiger partial charge < -0.3 is 14.7 Å². The summed E-state index contributed by atoms with van der Waals surface area (Å²) in [6, 6.07) is 12.5. The molecular formula is C18H20FNO2. The number of methoxy groups -OCH3 is 1. The molecule has 0 saturated carbocycles. The highest BCUT2D eigenvalue weighted by atomic mass is 19.1. The van der Waals surface area contributed by atoms with Gasteiger partial charge in [-0.1, -0.05) is 6.07 Å². The van der Waals surface area contributed by atoms with Crippen molar-refractivity contribution in [3.63, 3.8) is 0 Å². The SMILES string of the molecule is COc1ccc(N2CC[C@@H](O)C2c2cc(C)cc(F)c2)cc1. The monoisotopic (exact) mass is 301 g/mol. The number of aliphatic hydroxyl groups is 1. The van der Waals surface area contributed by atoms with Gasteiger partial charge in [0.1, 0.15) is 11.6 Å². The lowest BCUT2D eigenvalue weighted by Gasteiger charge is -2.29. The molecule has 0 amide bonds. The fourth-order valence-corrected chi connectivity index (χ4v) is 3.18. The Labute approximate surface area is 130 Å². The molecule has 1 saturated heterocycles. The van der Waals surface area contributed by atoms with Crippen LogP contribution in [0.25, 0.3) is 0 Å². The molecule has 1 aliphatic rings. The van der Waals surface area contributed by atoms with Crippen molar-refractivity contribution in [1.82, 2.24) is 0 Å². The zero-order valence-electron chi connectivity index (χ0n) is 12.8. The van der Waals surface area contributed by atoms with Crippen molar-refractivity contribution in [2.75, 3.05) is 18.6 Å². The fourth-order valence-electron chi connectivity index (χ4n) is 3.18. The maximum absolute atomic E-state index is 13.7. The topological polar surface area (TPSA) is 32.7 Å². The van der Waals surface area contributed by atoms with Gasteiger partial charge in [-0.3, -0.25) is 0 Å². The molecule has 0 bridgehead atoms. The number of halogens is 1. The van der Waals surface area contributed by atoms with Crippen molar-refractivity contribution in [3.8, 4) is 5.75 Å². The van der Waals surface area contributed by atoms with Crippen LogP contribution >= 0.6 is 0 Å². The van der Waals surface area contributed by atoms with Gasteiger partial charge >= 0.3 is 0 Å². The number of nitrogens with zero attached hydrogens (tertiary/aromatic N) is 1. The predicted molar refractivity (Wildman–Crippen MR) is 84.8 cm³/mol. The Balaban J connectivity index is 1.96. The van der Waals surface area contributed by atoms with Crippen molar-refractivity contribution in [2.24, 2.45) is 0 Å². The molecule has 1 unspecified atom stereocenters. The molecule has 1 N–H and O–H groups in total. The van der Waals surface area contributed by atoms with E-state index in [0.717, 1.165) is 29.1 Å². The summed E-state index contributed by atoms with van der Waals surface area (Å²) in [7, 11) is 1.63. The van der Waals surface area contributed by atoms with Gasteiger partial charge in [-0.2, -0.15) is 0 Å². The first kappa shape index (κ1) is 14.9. The minimum Gasteiger partial charge on any atom is -0.497 e. The van der Waals surface area contributed by atoms with Crippen LogP contribution in [0.15, 0.2) is 42.5 Å². The van der Waals surface area contributed by atoms with Crippen molar-refractivity contribution in [3.05, 3.63) is 59.4 Å². The van der Waals surface area contributed by atoms with E-state index in [1.165, 1.54) is 12.1 Å². The van der Waals surface area contributed by atoms with Crippen LogP contribution in [0.2, 0.25) is 0 Å². The molecule has 0 radical (unpaired) electrons. The summed E-state index contributed by atoms with van der Waals surface area (Å²) in [5.41, 5.74) is 2.69. The number of aryl methyl sites for hydroxylation is 1. The van der Waals surface area contributed by atoms with Crippen molar-refractivity contribution < 1.29 is 14.2 Å². The quantitative estimate of drug-likeness (QED) is 0.942. The molecule has 1 aliphatic heterocycles. The van der Waals surface area contributed by atoms with E-state index in [0.29, 0.717) is 6.42 Å². The van der Waals surface area contributed by atoms with Crippen LogP contribution in [-0.2, 0) is 0 Å². The number of rotatable bonds is 3. The zero-order valence-corrected chi connectivity index (χ0v) is 12.8. The Bertz CT molecular complexity index is 636. The van der Waals surface area contributed by atoms with E-state index < -0.39 is 6.10 Å². The van der Waals surface area contributed by atoms with Crippen LogP contribution in [0.1, 0.15) is 23.6 Å². The van der Waals surface area contributed by atoms with Gasteiger partial charge in [-0.15, -0.1) is 0 Å². The number of benzene rings is 2. The number of aliphatic hydroxyl groups excluding tert-OH is 1. The lowest BCUT2D eigenvalue weighted by atomic mass is 9.99. The zero-order chi connectivity index (χ0) is 15.7. The number of ether oxygens (including phenoxy) is 1. The summed E-state index contributed by atoms with van der Waals surface area (Å²) < 4.78 is 18.9.